The van der Waals surface area contributed by atoms with Crippen molar-refractivity contribution in [3.05, 3.63) is 11.1 Å². The molecule has 0 radical (unpaired) electrons. The molecule has 2 N–H and O–H groups in total. The Hall–Kier alpha value is -1.53. The van der Waals surface area contributed by atoms with Gasteiger partial charge in [-0.3, -0.25) is 14.4 Å². The van der Waals surface area contributed by atoms with Crippen molar-refractivity contribution < 1.29 is 29.3 Å². The first-order chi connectivity index (χ1) is 14.8. The lowest BCUT2D eigenvalue weighted by atomic mass is 9.42. The molecule has 0 bridgehead atoms. The first kappa shape index (κ1) is 22.3. The van der Waals surface area contributed by atoms with Crippen LogP contribution in [0.25, 0.3) is 0 Å². The molecule has 0 aromatic heterocycles. The first-order valence-corrected chi connectivity index (χ1v) is 12.2. The topological polar surface area (TPSA) is 101 Å². The second-order valence-corrected chi connectivity index (χ2v) is 12.3. The molecular weight excluding hydrogens is 408 g/mol. The highest BCUT2D eigenvalue weighted by Gasteiger charge is 2.77. The third-order valence-electron chi connectivity index (χ3n) is 10.5. The molecule has 5 aliphatic rings. The van der Waals surface area contributed by atoms with Gasteiger partial charge in [0.15, 0.2) is 5.78 Å². The quantitative estimate of drug-likeness (QED) is 0.686. The number of hydrogen-bond donors (Lipinski definition) is 2. The van der Waals surface area contributed by atoms with E-state index in [0.29, 0.717) is 38.5 Å². The van der Waals surface area contributed by atoms with Gasteiger partial charge in [0, 0.05) is 46.7 Å². The van der Waals surface area contributed by atoms with Gasteiger partial charge in [0.1, 0.15) is 11.4 Å². The van der Waals surface area contributed by atoms with Crippen molar-refractivity contribution in [1.82, 2.24) is 0 Å². The number of fused-ring (bicyclic) bond motifs is 2. The molecule has 8 atom stereocenters. The Morgan fingerprint density at radius 2 is 1.88 bits per heavy atom. The van der Waals surface area contributed by atoms with Crippen LogP contribution in [0.2, 0.25) is 0 Å². The molecule has 6 heteroatoms. The minimum atomic E-state index is -0.845. The van der Waals surface area contributed by atoms with Gasteiger partial charge in [0.25, 0.3) is 0 Å². The van der Waals surface area contributed by atoms with E-state index in [0.717, 1.165) is 11.1 Å². The number of Topliss-reactive ketones (excluding diaryl/α,β-unsaturated/α-hetero) is 2. The number of aliphatic carboxylic acids is 1. The van der Waals surface area contributed by atoms with E-state index in [1.165, 1.54) is 0 Å². The molecule has 1 aliphatic heterocycles. The van der Waals surface area contributed by atoms with E-state index < -0.39 is 28.5 Å². The second-order valence-electron chi connectivity index (χ2n) is 12.3. The second kappa shape index (κ2) is 6.53. The Kier molecular flexibility index (Phi) is 4.55. The van der Waals surface area contributed by atoms with Crippen LogP contribution in [0.3, 0.4) is 0 Å². The Bertz CT molecular complexity index is 948. The average molecular weight is 445 g/mol. The lowest BCUT2D eigenvalue weighted by Crippen LogP contribution is -2.73. The molecule has 0 aromatic rings. The number of carboxylic acids is 1. The summed E-state index contributed by atoms with van der Waals surface area (Å²) in [5.41, 5.74) is -0.393. The third kappa shape index (κ3) is 2.41. The van der Waals surface area contributed by atoms with Crippen LogP contribution in [0.5, 0.6) is 0 Å². The van der Waals surface area contributed by atoms with Gasteiger partial charge in [0.2, 0.25) is 0 Å². The zero-order valence-corrected chi connectivity index (χ0v) is 19.9. The summed E-state index contributed by atoms with van der Waals surface area (Å²) in [6, 6.07) is 0. The van der Waals surface area contributed by atoms with E-state index in [9.17, 15) is 19.5 Å². The number of carbonyl (C=O) groups is 3. The van der Waals surface area contributed by atoms with Gasteiger partial charge in [-0.25, -0.2) is 0 Å². The molecule has 0 aromatic carbocycles. The SMILES string of the molecule is CC(CCC(=O)O)[C@H]1C[C@H](O)[C@@]23OC4CC5C(C)(C)C(=O)CCC5(C)C(=C42)C(=O)CC13C. The molecule has 176 valence electrons. The molecule has 4 aliphatic carbocycles. The monoisotopic (exact) mass is 444 g/mol. The Morgan fingerprint density at radius 3 is 2.53 bits per heavy atom. The van der Waals surface area contributed by atoms with Gasteiger partial charge in [-0.15, -0.1) is 0 Å². The van der Waals surface area contributed by atoms with Crippen molar-refractivity contribution in [2.45, 2.75) is 97.4 Å². The van der Waals surface area contributed by atoms with Crippen LogP contribution in [0.1, 0.15) is 79.6 Å². The van der Waals surface area contributed by atoms with Crippen molar-refractivity contribution in [1.29, 1.82) is 0 Å². The van der Waals surface area contributed by atoms with Gasteiger partial charge < -0.3 is 14.9 Å². The van der Waals surface area contributed by atoms with E-state index in [1.807, 2.05) is 20.8 Å². The van der Waals surface area contributed by atoms with Gasteiger partial charge in [-0.2, -0.15) is 0 Å². The molecule has 1 saturated heterocycles. The summed E-state index contributed by atoms with van der Waals surface area (Å²) < 4.78 is 6.63. The maximum Gasteiger partial charge on any atom is 0.303 e. The number of allylic oxidation sites excluding steroid dienone is 1. The van der Waals surface area contributed by atoms with Crippen LogP contribution in [-0.2, 0) is 19.1 Å². The van der Waals surface area contributed by atoms with Crippen LogP contribution in [0, 0.1) is 34.0 Å². The maximum absolute atomic E-state index is 13.9. The molecule has 32 heavy (non-hydrogen) atoms. The summed E-state index contributed by atoms with van der Waals surface area (Å²) in [7, 11) is 0. The first-order valence-electron chi connectivity index (χ1n) is 12.2. The average Bonchev–Trinajstić information content (AvgIpc) is 2.92. The highest BCUT2D eigenvalue weighted by Crippen LogP contribution is 2.73. The Morgan fingerprint density at radius 1 is 1.19 bits per heavy atom. The van der Waals surface area contributed by atoms with Gasteiger partial charge in [-0.1, -0.05) is 34.6 Å². The van der Waals surface area contributed by atoms with Crippen molar-refractivity contribution in [3.8, 4) is 0 Å². The highest BCUT2D eigenvalue weighted by atomic mass is 16.6. The fourth-order valence-corrected chi connectivity index (χ4v) is 8.87. The predicted molar refractivity (Wildman–Crippen MR) is 117 cm³/mol. The fraction of sp³-hybridized carbons (Fsp3) is 0.808. The lowest BCUT2D eigenvalue weighted by molar-refractivity contribution is -0.255. The van der Waals surface area contributed by atoms with E-state index >= 15 is 0 Å². The summed E-state index contributed by atoms with van der Waals surface area (Å²) in [5.74, 6) is -0.269. The summed E-state index contributed by atoms with van der Waals surface area (Å²) in [6.07, 6.45) is 2.42. The highest BCUT2D eigenvalue weighted by molar-refractivity contribution is 6.01. The summed E-state index contributed by atoms with van der Waals surface area (Å²) in [4.78, 5) is 37.8. The molecular formula is C26H36O6. The number of aliphatic hydroxyl groups is 1. The number of ketones is 2. The molecule has 6 nitrogen and oxygen atoms in total. The smallest absolute Gasteiger partial charge is 0.303 e. The molecule has 1 spiro atoms. The maximum atomic E-state index is 13.9. The lowest BCUT2D eigenvalue weighted by Gasteiger charge is -2.68. The number of carboxylic acid groups (broad SMARTS) is 1. The zero-order valence-electron chi connectivity index (χ0n) is 19.9. The summed E-state index contributed by atoms with van der Waals surface area (Å²) in [5, 5.41) is 20.5. The van der Waals surface area contributed by atoms with E-state index in [-0.39, 0.29) is 47.3 Å². The molecule has 5 unspecified atom stereocenters. The minimum Gasteiger partial charge on any atom is -0.481 e. The number of ether oxygens (including phenoxy) is 1. The van der Waals surface area contributed by atoms with Crippen molar-refractivity contribution >= 4 is 17.5 Å². The van der Waals surface area contributed by atoms with Crippen LogP contribution < -0.4 is 0 Å². The normalized spacial score (nSPS) is 47.3. The molecule has 2 saturated carbocycles. The standard InChI is InChI=1S/C26H36O6/c1-13(6-7-20(30)31)14-10-19(29)26-22-16(32-26)11-17-23(2,3)18(28)8-9-24(17,4)21(22)15(27)12-25(14,26)5/h13-14,16-17,19,29H,6-12H2,1-5H3,(H,30,31)/t13?,14-,16?,17?,19+,24?,25?,26-/m1/s1. The summed E-state index contributed by atoms with van der Waals surface area (Å²) in [6.45, 7) is 10.3. The largest absolute Gasteiger partial charge is 0.481 e. The van der Waals surface area contributed by atoms with Crippen LogP contribution in [-0.4, -0.2) is 45.6 Å². The van der Waals surface area contributed by atoms with Crippen molar-refractivity contribution in [2.24, 2.45) is 34.0 Å². The number of aliphatic hydroxyl groups excluding tert-OH is 1. The van der Waals surface area contributed by atoms with Crippen LogP contribution >= 0.6 is 0 Å². The van der Waals surface area contributed by atoms with E-state index in [4.69, 9.17) is 9.84 Å². The minimum absolute atomic E-state index is 0.0192. The Balaban J connectivity index is 1.60. The van der Waals surface area contributed by atoms with Crippen LogP contribution in [0.15, 0.2) is 11.1 Å². The molecule has 5 rings (SSSR count). The van der Waals surface area contributed by atoms with Gasteiger partial charge >= 0.3 is 5.97 Å². The van der Waals surface area contributed by atoms with E-state index in [2.05, 4.69) is 13.8 Å². The van der Waals surface area contributed by atoms with Gasteiger partial charge in [0.05, 0.1) is 12.2 Å². The van der Waals surface area contributed by atoms with Crippen molar-refractivity contribution in [3.63, 3.8) is 0 Å². The predicted octanol–water partition coefficient (Wildman–Crippen LogP) is 3.70. The number of rotatable bonds is 4. The third-order valence-corrected chi connectivity index (χ3v) is 10.5. The van der Waals surface area contributed by atoms with Gasteiger partial charge in [-0.05, 0) is 43.4 Å². The fourth-order valence-electron chi connectivity index (χ4n) is 8.87. The zero-order chi connectivity index (χ0) is 23.4. The number of carbonyl (C=O) groups excluding carboxylic acids is 2. The molecule has 3 fully saturated rings. The van der Waals surface area contributed by atoms with Crippen molar-refractivity contribution in [2.75, 3.05) is 0 Å². The van der Waals surface area contributed by atoms with Crippen LogP contribution in [0.4, 0.5) is 0 Å². The molecule has 1 heterocycles. The van der Waals surface area contributed by atoms with E-state index in [1.54, 1.807) is 0 Å². The number of hydrogen-bond acceptors (Lipinski definition) is 5. The Labute approximate surface area is 189 Å². The summed E-state index contributed by atoms with van der Waals surface area (Å²) >= 11 is 0. The molecule has 0 amide bonds.